The summed E-state index contributed by atoms with van der Waals surface area (Å²) >= 11 is 5.76. The molecule has 0 radical (unpaired) electrons. The molecule has 1 unspecified atom stereocenters. The quantitative estimate of drug-likeness (QED) is 0.341. The summed E-state index contributed by atoms with van der Waals surface area (Å²) in [6.45, 7) is 1.27. The van der Waals surface area contributed by atoms with Crippen LogP contribution < -0.4 is 0 Å². The maximum absolute atomic E-state index is 12.0. The summed E-state index contributed by atoms with van der Waals surface area (Å²) < 4.78 is 14.2. The summed E-state index contributed by atoms with van der Waals surface area (Å²) in [7, 11) is 2.41. The van der Waals surface area contributed by atoms with Crippen LogP contribution in [0, 0.1) is 11.3 Å². The topological polar surface area (TPSA) is 78.9 Å². The van der Waals surface area contributed by atoms with Gasteiger partial charge in [-0.05, 0) is 18.9 Å². The second-order valence-electron chi connectivity index (χ2n) is 4.67. The molecule has 0 aliphatic heterocycles. The fraction of sp³-hybridized carbons (Fsp3) is 0.500. The van der Waals surface area contributed by atoms with Crippen LogP contribution >= 0.6 is 11.6 Å². The van der Waals surface area contributed by atoms with Crippen LogP contribution in [0.5, 0.6) is 0 Å². The zero-order chi connectivity index (χ0) is 16.0. The van der Waals surface area contributed by atoms with E-state index in [4.69, 9.17) is 25.8 Å². The lowest BCUT2D eigenvalue weighted by Gasteiger charge is -2.22. The Morgan fingerprint density at radius 3 is 2.24 bits per heavy atom. The highest BCUT2D eigenvalue weighted by molar-refractivity contribution is 6.25. The fourth-order valence-corrected chi connectivity index (χ4v) is 2.62. The molecule has 1 aliphatic rings. The van der Waals surface area contributed by atoms with Crippen LogP contribution in [0.15, 0.2) is 23.4 Å². The van der Waals surface area contributed by atoms with Crippen molar-refractivity contribution in [3.05, 3.63) is 23.4 Å². The summed E-state index contributed by atoms with van der Waals surface area (Å²) in [5.74, 6) is -2.13. The molecule has 0 saturated heterocycles. The standard InChI is InChI=1S/C14H17ClO6/c1-9(16)21-5-4-10-6-14(12(17)19-2,13(18)20-3)7-11(10)8-15/h4-5,8,10H,6-7H2,1-3H3/b5-4+,11-8+. The molecule has 0 spiro atoms. The minimum Gasteiger partial charge on any atom is -0.468 e. The maximum Gasteiger partial charge on any atom is 0.323 e. The number of ether oxygens (including phenoxy) is 3. The smallest absolute Gasteiger partial charge is 0.323 e. The highest BCUT2D eigenvalue weighted by Gasteiger charge is 2.54. The van der Waals surface area contributed by atoms with Gasteiger partial charge in [0, 0.05) is 18.4 Å². The van der Waals surface area contributed by atoms with E-state index in [0.717, 1.165) is 0 Å². The third-order valence-corrected chi connectivity index (χ3v) is 3.67. The Labute approximate surface area is 127 Å². The van der Waals surface area contributed by atoms with E-state index in [2.05, 4.69) is 0 Å². The van der Waals surface area contributed by atoms with Gasteiger partial charge in [-0.2, -0.15) is 0 Å². The number of rotatable bonds is 4. The van der Waals surface area contributed by atoms with Crippen molar-refractivity contribution in [2.75, 3.05) is 14.2 Å². The Balaban J connectivity index is 3.06. The van der Waals surface area contributed by atoms with Gasteiger partial charge < -0.3 is 14.2 Å². The van der Waals surface area contributed by atoms with Crippen LogP contribution in [0.4, 0.5) is 0 Å². The molecule has 0 bridgehead atoms. The van der Waals surface area contributed by atoms with E-state index in [1.165, 1.54) is 32.9 Å². The predicted octanol–water partition coefficient (Wildman–Crippen LogP) is 1.93. The minimum absolute atomic E-state index is 0.102. The van der Waals surface area contributed by atoms with Crippen molar-refractivity contribution in [3.8, 4) is 0 Å². The average Bonchev–Trinajstić information content (AvgIpc) is 2.85. The first-order valence-electron chi connectivity index (χ1n) is 6.21. The summed E-state index contributed by atoms with van der Waals surface area (Å²) in [5, 5.41) is 0. The number of methoxy groups -OCH3 is 2. The van der Waals surface area contributed by atoms with Gasteiger partial charge in [-0.25, -0.2) is 0 Å². The lowest BCUT2D eigenvalue weighted by atomic mass is 9.85. The molecule has 6 nitrogen and oxygen atoms in total. The van der Waals surface area contributed by atoms with E-state index in [1.54, 1.807) is 6.08 Å². The first-order valence-corrected chi connectivity index (χ1v) is 6.64. The molecular weight excluding hydrogens is 300 g/mol. The average molecular weight is 317 g/mol. The Morgan fingerprint density at radius 1 is 1.24 bits per heavy atom. The molecule has 0 aromatic heterocycles. The fourth-order valence-electron chi connectivity index (χ4n) is 2.38. The largest absolute Gasteiger partial charge is 0.468 e. The Morgan fingerprint density at radius 2 is 1.81 bits per heavy atom. The lowest BCUT2D eigenvalue weighted by Crippen LogP contribution is -2.39. The number of hydrogen-bond acceptors (Lipinski definition) is 6. The Bertz CT molecular complexity index is 478. The maximum atomic E-state index is 12.0. The number of carbonyl (C=O) groups is 3. The summed E-state index contributed by atoms with van der Waals surface area (Å²) in [6.07, 6.45) is 3.04. The number of esters is 3. The molecule has 7 heteroatoms. The molecule has 0 heterocycles. The normalized spacial score (nSPS) is 22.3. The van der Waals surface area contributed by atoms with Crippen LogP contribution in [0.3, 0.4) is 0 Å². The van der Waals surface area contributed by atoms with E-state index in [9.17, 15) is 14.4 Å². The van der Waals surface area contributed by atoms with Gasteiger partial charge in [0.1, 0.15) is 0 Å². The van der Waals surface area contributed by atoms with Crippen molar-refractivity contribution in [1.82, 2.24) is 0 Å². The molecule has 1 fully saturated rings. The van der Waals surface area contributed by atoms with Crippen LogP contribution in [0.25, 0.3) is 0 Å². The molecule has 1 rings (SSSR count). The third kappa shape index (κ3) is 3.64. The molecule has 116 valence electrons. The van der Waals surface area contributed by atoms with Crippen molar-refractivity contribution >= 4 is 29.5 Å². The number of carbonyl (C=O) groups excluding carboxylic acids is 3. The third-order valence-electron chi connectivity index (χ3n) is 3.39. The van der Waals surface area contributed by atoms with Crippen LogP contribution in [-0.4, -0.2) is 32.1 Å². The van der Waals surface area contributed by atoms with E-state index in [0.29, 0.717) is 5.57 Å². The lowest BCUT2D eigenvalue weighted by molar-refractivity contribution is -0.168. The van der Waals surface area contributed by atoms with Gasteiger partial charge in [0.05, 0.1) is 20.5 Å². The van der Waals surface area contributed by atoms with Gasteiger partial charge in [-0.1, -0.05) is 17.2 Å². The van der Waals surface area contributed by atoms with Crippen molar-refractivity contribution in [3.63, 3.8) is 0 Å². The molecule has 21 heavy (non-hydrogen) atoms. The predicted molar refractivity (Wildman–Crippen MR) is 74.0 cm³/mol. The zero-order valence-electron chi connectivity index (χ0n) is 12.1. The van der Waals surface area contributed by atoms with Gasteiger partial charge in [0.25, 0.3) is 0 Å². The second-order valence-corrected chi connectivity index (χ2v) is 4.89. The van der Waals surface area contributed by atoms with Crippen molar-refractivity contribution in [1.29, 1.82) is 0 Å². The molecule has 0 N–H and O–H groups in total. The SMILES string of the molecule is COC(=O)C1(C(=O)OC)C/C(=C\Cl)C(/C=C/OC(C)=O)C1. The van der Waals surface area contributed by atoms with Crippen molar-refractivity contribution in [2.24, 2.45) is 11.3 Å². The van der Waals surface area contributed by atoms with E-state index in [-0.39, 0.29) is 18.8 Å². The van der Waals surface area contributed by atoms with Gasteiger partial charge >= 0.3 is 17.9 Å². The van der Waals surface area contributed by atoms with Crippen molar-refractivity contribution < 1.29 is 28.6 Å². The monoisotopic (exact) mass is 316 g/mol. The highest BCUT2D eigenvalue weighted by atomic mass is 35.5. The van der Waals surface area contributed by atoms with E-state index >= 15 is 0 Å². The molecular formula is C14H17ClO6. The van der Waals surface area contributed by atoms with Gasteiger partial charge in [0.2, 0.25) is 0 Å². The van der Waals surface area contributed by atoms with Crippen LogP contribution in [0.2, 0.25) is 0 Å². The van der Waals surface area contributed by atoms with Crippen LogP contribution in [-0.2, 0) is 28.6 Å². The van der Waals surface area contributed by atoms with Crippen LogP contribution in [0.1, 0.15) is 19.8 Å². The zero-order valence-corrected chi connectivity index (χ0v) is 12.8. The van der Waals surface area contributed by atoms with Gasteiger partial charge in [-0.15, -0.1) is 0 Å². The van der Waals surface area contributed by atoms with E-state index < -0.39 is 23.3 Å². The Hall–Kier alpha value is -1.82. The summed E-state index contributed by atoms with van der Waals surface area (Å²) in [4.78, 5) is 34.8. The first kappa shape index (κ1) is 17.2. The first-order chi connectivity index (χ1) is 9.91. The second kappa shape index (κ2) is 7.26. The minimum atomic E-state index is -1.42. The number of allylic oxidation sites excluding steroid dienone is 2. The molecule has 0 aromatic rings. The van der Waals surface area contributed by atoms with Gasteiger partial charge in [-0.3, -0.25) is 14.4 Å². The highest BCUT2D eigenvalue weighted by Crippen LogP contribution is 2.48. The number of hydrogen-bond donors (Lipinski definition) is 0. The molecule has 1 atom stereocenters. The van der Waals surface area contributed by atoms with Gasteiger partial charge in [0.15, 0.2) is 5.41 Å². The summed E-state index contributed by atoms with van der Waals surface area (Å²) in [6, 6.07) is 0. The molecule has 0 amide bonds. The molecule has 0 aromatic carbocycles. The van der Waals surface area contributed by atoms with E-state index in [1.807, 2.05) is 0 Å². The summed E-state index contributed by atoms with van der Waals surface area (Å²) in [5.41, 5.74) is 0.558. The van der Waals surface area contributed by atoms with Crippen molar-refractivity contribution in [2.45, 2.75) is 19.8 Å². The molecule has 1 saturated carbocycles. The number of halogens is 1. The molecule has 1 aliphatic carbocycles. The Kier molecular flexibility index (Phi) is 5.96.